The predicted molar refractivity (Wildman–Crippen MR) is 113 cm³/mol. The van der Waals surface area contributed by atoms with E-state index >= 15 is 0 Å². The number of amides is 1. The van der Waals surface area contributed by atoms with E-state index in [0.29, 0.717) is 23.5 Å². The zero-order valence-electron chi connectivity index (χ0n) is 16.9. The van der Waals surface area contributed by atoms with E-state index in [2.05, 4.69) is 0 Å². The maximum atomic E-state index is 12.8. The van der Waals surface area contributed by atoms with Crippen LogP contribution in [0.25, 0.3) is 11.1 Å². The summed E-state index contributed by atoms with van der Waals surface area (Å²) in [7, 11) is 0. The molecule has 0 unspecified atom stereocenters. The average Bonchev–Trinajstić information content (AvgIpc) is 3.32. The van der Waals surface area contributed by atoms with Gasteiger partial charge in [0.25, 0.3) is 5.91 Å². The van der Waals surface area contributed by atoms with Gasteiger partial charge in [-0.1, -0.05) is 36.4 Å². The highest BCUT2D eigenvalue weighted by Gasteiger charge is 2.30. The number of nitrogens with zero attached hydrogens (tertiary/aromatic N) is 1. The molecule has 4 rings (SSSR count). The number of alkyl halides is 3. The molecule has 0 bridgehead atoms. The van der Waals surface area contributed by atoms with Crippen LogP contribution in [0.15, 0.2) is 72.8 Å². The molecule has 3 aromatic carbocycles. The first-order chi connectivity index (χ1) is 14.9. The number of rotatable bonds is 5. The Kier molecular flexibility index (Phi) is 5.98. The highest BCUT2D eigenvalue weighted by molar-refractivity contribution is 5.94. The lowest BCUT2D eigenvalue weighted by Crippen LogP contribution is -2.27. The first-order valence-electron chi connectivity index (χ1n) is 10.2. The molecule has 3 aromatic rings. The minimum atomic E-state index is -4.35. The zero-order valence-corrected chi connectivity index (χ0v) is 16.9. The summed E-state index contributed by atoms with van der Waals surface area (Å²) in [4.78, 5) is 14.3. The van der Waals surface area contributed by atoms with Gasteiger partial charge in [0.15, 0.2) is 0 Å². The van der Waals surface area contributed by atoms with E-state index in [4.69, 9.17) is 4.74 Å². The molecule has 3 nitrogen and oxygen atoms in total. The second-order valence-electron chi connectivity index (χ2n) is 7.59. The van der Waals surface area contributed by atoms with Gasteiger partial charge in [-0.05, 0) is 65.9 Å². The van der Waals surface area contributed by atoms with Gasteiger partial charge >= 0.3 is 6.18 Å². The molecule has 1 aliphatic rings. The molecule has 0 spiro atoms. The smallest absolute Gasteiger partial charge is 0.416 e. The molecule has 0 N–H and O–H groups in total. The lowest BCUT2D eigenvalue weighted by molar-refractivity contribution is -0.137. The Morgan fingerprint density at radius 1 is 0.871 bits per heavy atom. The summed E-state index contributed by atoms with van der Waals surface area (Å²) in [6.07, 6.45) is -2.23. The number of benzene rings is 3. The molecule has 1 fully saturated rings. The molecule has 1 amide bonds. The summed E-state index contributed by atoms with van der Waals surface area (Å²) in [5.41, 5.74) is 2.39. The van der Waals surface area contributed by atoms with E-state index in [0.717, 1.165) is 49.2 Å². The third kappa shape index (κ3) is 5.08. The number of hydrogen-bond acceptors (Lipinski definition) is 2. The van der Waals surface area contributed by atoms with Crippen LogP contribution in [0.4, 0.5) is 13.2 Å². The fraction of sp³-hybridized carbons (Fsp3) is 0.240. The quantitative estimate of drug-likeness (QED) is 0.488. The maximum Gasteiger partial charge on any atom is 0.416 e. The van der Waals surface area contributed by atoms with Crippen molar-refractivity contribution in [2.45, 2.75) is 25.6 Å². The third-order valence-electron chi connectivity index (χ3n) is 5.38. The van der Waals surface area contributed by atoms with E-state index < -0.39 is 11.7 Å². The number of hydrogen-bond donors (Lipinski definition) is 0. The average molecular weight is 425 g/mol. The molecule has 31 heavy (non-hydrogen) atoms. The summed E-state index contributed by atoms with van der Waals surface area (Å²) in [6.45, 7) is 1.96. The van der Waals surface area contributed by atoms with Crippen molar-refractivity contribution in [1.29, 1.82) is 0 Å². The fourth-order valence-corrected chi connectivity index (χ4v) is 3.63. The van der Waals surface area contributed by atoms with E-state index in [1.54, 1.807) is 18.2 Å². The van der Waals surface area contributed by atoms with Crippen molar-refractivity contribution in [3.8, 4) is 16.9 Å². The van der Waals surface area contributed by atoms with Crippen LogP contribution in [-0.4, -0.2) is 23.9 Å². The van der Waals surface area contributed by atoms with Crippen molar-refractivity contribution in [2.75, 3.05) is 13.1 Å². The maximum absolute atomic E-state index is 12.8. The molecule has 1 heterocycles. The van der Waals surface area contributed by atoms with Crippen LogP contribution >= 0.6 is 0 Å². The van der Waals surface area contributed by atoms with Gasteiger partial charge in [0, 0.05) is 18.7 Å². The zero-order chi connectivity index (χ0) is 21.8. The normalized spacial score (nSPS) is 14.0. The molecule has 1 aliphatic heterocycles. The Labute approximate surface area is 179 Å². The van der Waals surface area contributed by atoms with Crippen LogP contribution in [0.2, 0.25) is 0 Å². The molecule has 0 aliphatic carbocycles. The minimum absolute atomic E-state index is 0.0641. The molecule has 0 radical (unpaired) electrons. The lowest BCUT2D eigenvalue weighted by atomic mass is 10.0. The first kappa shape index (κ1) is 21.0. The monoisotopic (exact) mass is 425 g/mol. The van der Waals surface area contributed by atoms with Gasteiger partial charge in [0.05, 0.1) is 5.56 Å². The Balaban J connectivity index is 1.39. The lowest BCUT2D eigenvalue weighted by Gasteiger charge is -2.15. The van der Waals surface area contributed by atoms with Gasteiger partial charge in [0.2, 0.25) is 0 Å². The first-order valence-corrected chi connectivity index (χ1v) is 10.2. The van der Waals surface area contributed by atoms with Crippen molar-refractivity contribution in [3.63, 3.8) is 0 Å². The predicted octanol–water partition coefficient (Wildman–Crippen LogP) is 6.19. The van der Waals surface area contributed by atoms with Gasteiger partial charge in [0.1, 0.15) is 12.4 Å². The van der Waals surface area contributed by atoms with E-state index in [1.807, 2.05) is 35.2 Å². The number of ether oxygens (including phenoxy) is 1. The fourth-order valence-electron chi connectivity index (χ4n) is 3.63. The molecule has 160 valence electrons. The number of likely N-dealkylation sites (tertiary alicyclic amines) is 1. The van der Waals surface area contributed by atoms with Gasteiger partial charge in [-0.3, -0.25) is 4.79 Å². The number of carbonyl (C=O) groups excluding carboxylic acids is 1. The SMILES string of the molecule is O=C(c1ccc(COc2cccc(-c3ccc(C(F)(F)F)cc3)c2)cc1)N1CCCC1. The van der Waals surface area contributed by atoms with Crippen LogP contribution in [0.1, 0.15) is 34.3 Å². The van der Waals surface area contributed by atoms with Gasteiger partial charge in [-0.25, -0.2) is 0 Å². The van der Waals surface area contributed by atoms with Crippen LogP contribution in [0.3, 0.4) is 0 Å². The summed E-state index contributed by atoms with van der Waals surface area (Å²) in [5.74, 6) is 0.684. The number of halogens is 3. The summed E-state index contributed by atoms with van der Waals surface area (Å²) in [6, 6.07) is 19.7. The third-order valence-corrected chi connectivity index (χ3v) is 5.38. The topological polar surface area (TPSA) is 29.5 Å². The van der Waals surface area contributed by atoms with Crippen molar-refractivity contribution in [2.24, 2.45) is 0 Å². The second-order valence-corrected chi connectivity index (χ2v) is 7.59. The van der Waals surface area contributed by atoms with Crippen LogP contribution in [0.5, 0.6) is 5.75 Å². The molecule has 0 atom stereocenters. The van der Waals surface area contributed by atoms with Crippen LogP contribution < -0.4 is 4.74 Å². The molecular weight excluding hydrogens is 403 g/mol. The van der Waals surface area contributed by atoms with Crippen LogP contribution in [-0.2, 0) is 12.8 Å². The van der Waals surface area contributed by atoms with Crippen molar-refractivity contribution < 1.29 is 22.7 Å². The molecule has 0 saturated carbocycles. The molecule has 1 saturated heterocycles. The van der Waals surface area contributed by atoms with Crippen molar-refractivity contribution in [1.82, 2.24) is 4.90 Å². The molecule has 6 heteroatoms. The standard InChI is InChI=1S/C25H22F3NO2/c26-25(27,28)22-12-10-19(11-13-22)21-4-3-5-23(16-21)31-17-18-6-8-20(9-7-18)24(30)29-14-1-2-15-29/h3-13,16H,1-2,14-15,17H2. The van der Waals surface area contributed by atoms with Gasteiger partial charge in [-0.15, -0.1) is 0 Å². The minimum Gasteiger partial charge on any atom is -0.489 e. The largest absolute Gasteiger partial charge is 0.489 e. The van der Waals surface area contributed by atoms with Gasteiger partial charge < -0.3 is 9.64 Å². The second kappa shape index (κ2) is 8.84. The van der Waals surface area contributed by atoms with Crippen molar-refractivity contribution >= 4 is 5.91 Å². The molecule has 0 aromatic heterocycles. The van der Waals surface area contributed by atoms with E-state index in [1.165, 1.54) is 12.1 Å². The van der Waals surface area contributed by atoms with E-state index in [9.17, 15) is 18.0 Å². The Morgan fingerprint density at radius 3 is 2.19 bits per heavy atom. The van der Waals surface area contributed by atoms with Crippen LogP contribution in [0, 0.1) is 0 Å². The highest BCUT2D eigenvalue weighted by atomic mass is 19.4. The Hall–Kier alpha value is -3.28. The van der Waals surface area contributed by atoms with Gasteiger partial charge in [-0.2, -0.15) is 13.2 Å². The summed E-state index contributed by atoms with van der Waals surface area (Å²) in [5, 5.41) is 0. The molecular formula is C25H22F3NO2. The van der Waals surface area contributed by atoms with E-state index in [-0.39, 0.29) is 5.91 Å². The Bertz CT molecular complexity index is 1040. The Morgan fingerprint density at radius 2 is 1.55 bits per heavy atom. The highest BCUT2D eigenvalue weighted by Crippen LogP contribution is 2.31. The number of carbonyl (C=O) groups is 1. The summed E-state index contributed by atoms with van der Waals surface area (Å²) < 4.78 is 44.1. The van der Waals surface area contributed by atoms with Crippen molar-refractivity contribution in [3.05, 3.63) is 89.5 Å². The summed E-state index contributed by atoms with van der Waals surface area (Å²) >= 11 is 0.